The highest BCUT2D eigenvalue weighted by atomic mass is 32.1. The van der Waals surface area contributed by atoms with Crippen LogP contribution in [0, 0.1) is 11.6 Å². The molecular weight excluding hydrogens is 410 g/mol. The zero-order valence-electron chi connectivity index (χ0n) is 16.4. The first-order chi connectivity index (χ1) is 14.5. The predicted octanol–water partition coefficient (Wildman–Crippen LogP) is 4.22. The number of benzene rings is 2. The lowest BCUT2D eigenvalue weighted by Crippen LogP contribution is -2.34. The molecule has 0 fully saturated rings. The number of hydrogen-bond donors (Lipinski definition) is 1. The Hall–Kier alpha value is -2.97. The Morgan fingerprint density at radius 3 is 2.63 bits per heavy atom. The van der Waals surface area contributed by atoms with Gasteiger partial charge in [0.1, 0.15) is 18.2 Å². The molecule has 0 bridgehead atoms. The number of halogens is 2. The monoisotopic (exact) mass is 432 g/mol. The van der Waals surface area contributed by atoms with Crippen molar-refractivity contribution in [1.29, 1.82) is 0 Å². The van der Waals surface area contributed by atoms with Crippen molar-refractivity contribution in [2.45, 2.75) is 13.2 Å². The number of ether oxygens (including phenoxy) is 2. The normalized spacial score (nSPS) is 10.7. The maximum absolute atomic E-state index is 13.8. The van der Waals surface area contributed by atoms with Crippen molar-refractivity contribution in [3.8, 4) is 11.5 Å². The standard InChI is InChI=1S/C22H22F2N2O3S/c1-28-21-11-15(22(27)26(9-8-25)13-18-3-2-10-30-18)5-7-20(21)29-14-16-4-6-17(23)12-19(16)24/h2-7,10-12H,8-9,13-14,25H2,1H3. The van der Waals surface area contributed by atoms with Gasteiger partial charge in [0.25, 0.3) is 5.91 Å². The van der Waals surface area contributed by atoms with Crippen molar-refractivity contribution in [3.63, 3.8) is 0 Å². The highest BCUT2D eigenvalue weighted by molar-refractivity contribution is 7.09. The van der Waals surface area contributed by atoms with Crippen LogP contribution in [0.5, 0.6) is 11.5 Å². The van der Waals surface area contributed by atoms with Crippen molar-refractivity contribution in [2.75, 3.05) is 20.2 Å². The number of nitrogens with zero attached hydrogens (tertiary/aromatic N) is 1. The predicted molar refractivity (Wildman–Crippen MR) is 112 cm³/mol. The fourth-order valence-corrected chi connectivity index (χ4v) is 3.62. The van der Waals surface area contributed by atoms with Gasteiger partial charge < -0.3 is 20.1 Å². The first-order valence-electron chi connectivity index (χ1n) is 9.28. The van der Waals surface area contributed by atoms with Crippen LogP contribution in [0.1, 0.15) is 20.8 Å². The van der Waals surface area contributed by atoms with Crippen LogP contribution in [0.2, 0.25) is 0 Å². The molecule has 0 saturated carbocycles. The summed E-state index contributed by atoms with van der Waals surface area (Å²) in [6, 6.07) is 12.0. The summed E-state index contributed by atoms with van der Waals surface area (Å²) in [4.78, 5) is 15.7. The number of methoxy groups -OCH3 is 1. The number of carbonyl (C=O) groups is 1. The van der Waals surface area contributed by atoms with E-state index in [9.17, 15) is 13.6 Å². The lowest BCUT2D eigenvalue weighted by atomic mass is 10.1. The molecule has 0 radical (unpaired) electrons. The minimum absolute atomic E-state index is 0.104. The zero-order valence-corrected chi connectivity index (χ0v) is 17.3. The third-order valence-electron chi connectivity index (χ3n) is 4.42. The Labute approximate surface area is 177 Å². The molecule has 3 rings (SSSR count). The van der Waals surface area contributed by atoms with E-state index in [2.05, 4.69) is 0 Å². The number of nitrogens with two attached hydrogens (primary N) is 1. The molecule has 2 aromatic carbocycles. The van der Waals surface area contributed by atoms with Crippen molar-refractivity contribution in [3.05, 3.63) is 81.5 Å². The number of rotatable bonds is 9. The van der Waals surface area contributed by atoms with Gasteiger partial charge in [-0.3, -0.25) is 4.79 Å². The van der Waals surface area contributed by atoms with Crippen molar-refractivity contribution in [2.24, 2.45) is 5.73 Å². The molecule has 1 aromatic heterocycles. The Kier molecular flexibility index (Phi) is 7.37. The molecule has 8 heteroatoms. The summed E-state index contributed by atoms with van der Waals surface area (Å²) in [7, 11) is 1.46. The van der Waals surface area contributed by atoms with Gasteiger partial charge in [-0.25, -0.2) is 8.78 Å². The van der Waals surface area contributed by atoms with Gasteiger partial charge in [-0.05, 0) is 41.8 Å². The minimum atomic E-state index is -0.688. The molecule has 0 aliphatic heterocycles. The average Bonchev–Trinajstić information content (AvgIpc) is 3.25. The Morgan fingerprint density at radius 1 is 1.13 bits per heavy atom. The molecule has 1 heterocycles. The molecule has 0 unspecified atom stereocenters. The van der Waals surface area contributed by atoms with Gasteiger partial charge in [0, 0.05) is 35.2 Å². The largest absolute Gasteiger partial charge is 0.493 e. The molecule has 0 aliphatic rings. The number of carbonyl (C=O) groups excluding carboxylic acids is 1. The fourth-order valence-electron chi connectivity index (χ4n) is 2.90. The Morgan fingerprint density at radius 2 is 1.97 bits per heavy atom. The highest BCUT2D eigenvalue weighted by Gasteiger charge is 2.18. The lowest BCUT2D eigenvalue weighted by Gasteiger charge is -2.22. The van der Waals surface area contributed by atoms with E-state index in [1.54, 1.807) is 34.4 Å². The highest BCUT2D eigenvalue weighted by Crippen LogP contribution is 2.30. The summed E-state index contributed by atoms with van der Waals surface area (Å²) in [5.41, 5.74) is 6.32. The second kappa shape index (κ2) is 10.2. The number of hydrogen-bond acceptors (Lipinski definition) is 5. The first kappa shape index (κ1) is 21.7. The van der Waals surface area contributed by atoms with Crippen LogP contribution in [0.25, 0.3) is 0 Å². The van der Waals surface area contributed by atoms with E-state index in [0.717, 1.165) is 10.9 Å². The molecule has 0 aliphatic carbocycles. The molecule has 2 N–H and O–H groups in total. The maximum atomic E-state index is 13.8. The third-order valence-corrected chi connectivity index (χ3v) is 5.28. The third kappa shape index (κ3) is 5.34. The molecule has 0 saturated heterocycles. The van der Waals surface area contributed by atoms with E-state index in [1.807, 2.05) is 17.5 Å². The quantitative estimate of drug-likeness (QED) is 0.550. The smallest absolute Gasteiger partial charge is 0.254 e. The van der Waals surface area contributed by atoms with E-state index in [1.165, 1.54) is 19.2 Å². The summed E-state index contributed by atoms with van der Waals surface area (Å²) in [5.74, 6) is -0.829. The van der Waals surface area contributed by atoms with Crippen LogP contribution < -0.4 is 15.2 Å². The maximum Gasteiger partial charge on any atom is 0.254 e. The number of amides is 1. The summed E-state index contributed by atoms with van der Waals surface area (Å²) in [5, 5.41) is 1.96. The summed E-state index contributed by atoms with van der Waals surface area (Å²) >= 11 is 1.57. The van der Waals surface area contributed by atoms with Gasteiger partial charge in [0.15, 0.2) is 11.5 Å². The number of thiophene rings is 1. The second-order valence-electron chi connectivity index (χ2n) is 6.48. The average molecular weight is 432 g/mol. The van der Waals surface area contributed by atoms with E-state index >= 15 is 0 Å². The van der Waals surface area contributed by atoms with Crippen LogP contribution in [-0.4, -0.2) is 31.0 Å². The summed E-state index contributed by atoms with van der Waals surface area (Å²) in [6.45, 7) is 1.13. The molecule has 3 aromatic rings. The molecule has 0 spiro atoms. The first-order valence-corrected chi connectivity index (χ1v) is 10.2. The van der Waals surface area contributed by atoms with Gasteiger partial charge in [-0.2, -0.15) is 0 Å². The lowest BCUT2D eigenvalue weighted by molar-refractivity contribution is 0.0749. The Balaban J connectivity index is 1.75. The van der Waals surface area contributed by atoms with Gasteiger partial charge >= 0.3 is 0 Å². The van der Waals surface area contributed by atoms with Crippen LogP contribution >= 0.6 is 11.3 Å². The van der Waals surface area contributed by atoms with Crippen molar-refractivity contribution >= 4 is 17.2 Å². The summed E-state index contributed by atoms with van der Waals surface area (Å²) < 4.78 is 37.8. The topological polar surface area (TPSA) is 64.8 Å². The van der Waals surface area contributed by atoms with E-state index < -0.39 is 11.6 Å². The van der Waals surface area contributed by atoms with Crippen LogP contribution in [0.3, 0.4) is 0 Å². The van der Waals surface area contributed by atoms with Crippen LogP contribution in [-0.2, 0) is 13.2 Å². The molecule has 1 amide bonds. The van der Waals surface area contributed by atoms with Crippen molar-refractivity contribution in [1.82, 2.24) is 4.90 Å². The summed E-state index contributed by atoms with van der Waals surface area (Å²) in [6.07, 6.45) is 0. The molecular formula is C22H22F2N2O3S. The second-order valence-corrected chi connectivity index (χ2v) is 7.52. The van der Waals surface area contributed by atoms with Crippen LogP contribution in [0.4, 0.5) is 8.78 Å². The fraction of sp³-hybridized carbons (Fsp3) is 0.227. The molecule has 5 nitrogen and oxygen atoms in total. The SMILES string of the molecule is COc1cc(C(=O)N(CCN)Cc2cccs2)ccc1OCc1ccc(F)cc1F. The molecule has 0 atom stereocenters. The van der Waals surface area contributed by atoms with E-state index in [0.29, 0.717) is 36.7 Å². The Bertz CT molecular complexity index is 996. The van der Waals surface area contributed by atoms with E-state index in [4.69, 9.17) is 15.2 Å². The van der Waals surface area contributed by atoms with Gasteiger partial charge in [-0.15, -0.1) is 11.3 Å². The van der Waals surface area contributed by atoms with Crippen LogP contribution in [0.15, 0.2) is 53.9 Å². The molecule has 158 valence electrons. The minimum Gasteiger partial charge on any atom is -0.493 e. The zero-order chi connectivity index (χ0) is 21.5. The van der Waals surface area contributed by atoms with Gasteiger partial charge in [-0.1, -0.05) is 6.07 Å². The van der Waals surface area contributed by atoms with Crippen molar-refractivity contribution < 1.29 is 23.0 Å². The van der Waals surface area contributed by atoms with Gasteiger partial charge in [0.2, 0.25) is 0 Å². The van der Waals surface area contributed by atoms with Gasteiger partial charge in [0.05, 0.1) is 13.7 Å². The van der Waals surface area contributed by atoms with E-state index in [-0.39, 0.29) is 18.1 Å². The molecule has 30 heavy (non-hydrogen) atoms.